The van der Waals surface area contributed by atoms with Gasteiger partial charge in [-0.05, 0) is 11.6 Å². The second-order valence-corrected chi connectivity index (χ2v) is 5.77. The van der Waals surface area contributed by atoms with E-state index >= 15 is 0 Å². The van der Waals surface area contributed by atoms with Crippen LogP contribution in [0.15, 0.2) is 48.7 Å². The Morgan fingerprint density at radius 3 is 2.68 bits per heavy atom. The highest BCUT2D eigenvalue weighted by Gasteiger charge is 2.23. The van der Waals surface area contributed by atoms with E-state index in [2.05, 4.69) is 9.97 Å². The van der Waals surface area contributed by atoms with Crippen LogP contribution in [-0.2, 0) is 4.79 Å². The Hall–Kier alpha value is -2.89. The van der Waals surface area contributed by atoms with Crippen molar-refractivity contribution in [2.75, 3.05) is 20.2 Å². The number of methoxy groups -OCH3 is 1. The molecule has 3 rings (SSSR count). The molecule has 1 aromatic heterocycles. The highest BCUT2D eigenvalue weighted by Crippen LogP contribution is 2.18. The first-order valence-corrected chi connectivity index (χ1v) is 8.30. The molecule has 0 bridgehead atoms. The van der Waals surface area contributed by atoms with E-state index in [-0.39, 0.29) is 18.0 Å². The van der Waals surface area contributed by atoms with Crippen molar-refractivity contribution in [2.45, 2.75) is 18.9 Å². The predicted octanol–water partition coefficient (Wildman–Crippen LogP) is 2.57. The number of amides is 1. The molecule has 25 heavy (non-hydrogen) atoms. The Balaban J connectivity index is 1.49. The zero-order valence-electron chi connectivity index (χ0n) is 14.2. The van der Waals surface area contributed by atoms with Gasteiger partial charge in [0.1, 0.15) is 6.10 Å². The molecule has 1 aromatic carbocycles. The SMILES string of the molecule is COc1nccc(OC2CCN(C(=O)/C=C/c3ccccc3)CC2)n1. The Bertz CT molecular complexity index is 726. The van der Waals surface area contributed by atoms with Gasteiger partial charge < -0.3 is 14.4 Å². The lowest BCUT2D eigenvalue weighted by Gasteiger charge is -2.31. The van der Waals surface area contributed by atoms with Crippen LogP contribution in [0.25, 0.3) is 6.08 Å². The maximum absolute atomic E-state index is 12.3. The van der Waals surface area contributed by atoms with Gasteiger partial charge in [-0.2, -0.15) is 4.98 Å². The minimum absolute atomic E-state index is 0.0333. The summed E-state index contributed by atoms with van der Waals surface area (Å²) < 4.78 is 10.9. The summed E-state index contributed by atoms with van der Waals surface area (Å²) >= 11 is 0. The van der Waals surface area contributed by atoms with Crippen LogP contribution in [0.2, 0.25) is 0 Å². The van der Waals surface area contributed by atoms with Gasteiger partial charge in [-0.25, -0.2) is 4.98 Å². The molecule has 6 nitrogen and oxygen atoms in total. The molecule has 2 aromatic rings. The third kappa shape index (κ3) is 4.79. The van der Waals surface area contributed by atoms with Crippen LogP contribution in [0.4, 0.5) is 0 Å². The number of benzene rings is 1. The van der Waals surface area contributed by atoms with Crippen LogP contribution in [0.1, 0.15) is 18.4 Å². The number of hydrogen-bond acceptors (Lipinski definition) is 5. The van der Waals surface area contributed by atoms with Crippen molar-refractivity contribution in [2.24, 2.45) is 0 Å². The summed E-state index contributed by atoms with van der Waals surface area (Å²) in [6.45, 7) is 1.34. The van der Waals surface area contributed by atoms with Crippen LogP contribution >= 0.6 is 0 Å². The van der Waals surface area contributed by atoms with Gasteiger partial charge in [-0.1, -0.05) is 30.3 Å². The molecule has 1 amide bonds. The Labute approximate surface area is 147 Å². The molecule has 0 spiro atoms. The van der Waals surface area contributed by atoms with Crippen LogP contribution in [0.5, 0.6) is 11.9 Å². The smallest absolute Gasteiger partial charge is 0.319 e. The second kappa shape index (κ2) is 8.28. The van der Waals surface area contributed by atoms with Crippen LogP contribution < -0.4 is 9.47 Å². The summed E-state index contributed by atoms with van der Waals surface area (Å²) in [5.41, 5.74) is 1.02. The lowest BCUT2D eigenvalue weighted by atomic mass is 10.1. The number of hydrogen-bond donors (Lipinski definition) is 0. The van der Waals surface area contributed by atoms with E-state index in [0.29, 0.717) is 19.0 Å². The quantitative estimate of drug-likeness (QED) is 0.784. The zero-order valence-corrected chi connectivity index (χ0v) is 14.2. The monoisotopic (exact) mass is 339 g/mol. The lowest BCUT2D eigenvalue weighted by molar-refractivity contribution is -0.127. The van der Waals surface area contributed by atoms with E-state index in [1.807, 2.05) is 41.3 Å². The molecule has 1 saturated heterocycles. The second-order valence-electron chi connectivity index (χ2n) is 5.77. The van der Waals surface area contributed by atoms with Gasteiger partial charge in [-0.3, -0.25) is 4.79 Å². The highest BCUT2D eigenvalue weighted by atomic mass is 16.5. The van der Waals surface area contributed by atoms with Crippen molar-refractivity contribution >= 4 is 12.0 Å². The van der Waals surface area contributed by atoms with Crippen LogP contribution in [0, 0.1) is 0 Å². The van der Waals surface area contributed by atoms with Gasteiger partial charge in [0, 0.05) is 44.3 Å². The fraction of sp³-hybridized carbons (Fsp3) is 0.316. The number of piperidine rings is 1. The molecule has 0 atom stereocenters. The molecule has 1 fully saturated rings. The summed E-state index contributed by atoms with van der Waals surface area (Å²) in [7, 11) is 1.52. The van der Waals surface area contributed by atoms with E-state index in [4.69, 9.17) is 9.47 Å². The highest BCUT2D eigenvalue weighted by molar-refractivity contribution is 5.91. The van der Waals surface area contributed by atoms with E-state index < -0.39 is 0 Å². The largest absolute Gasteiger partial charge is 0.474 e. The first-order chi connectivity index (χ1) is 12.2. The summed E-state index contributed by atoms with van der Waals surface area (Å²) in [6.07, 6.45) is 6.67. The first kappa shape index (κ1) is 17.0. The number of ether oxygens (including phenoxy) is 2. The fourth-order valence-electron chi connectivity index (χ4n) is 2.69. The van der Waals surface area contributed by atoms with E-state index in [1.165, 1.54) is 7.11 Å². The van der Waals surface area contributed by atoms with Crippen LogP contribution in [-0.4, -0.2) is 47.1 Å². The summed E-state index contributed by atoms with van der Waals surface area (Å²) in [4.78, 5) is 22.2. The molecule has 1 aliphatic rings. The molecule has 1 aliphatic heterocycles. The fourth-order valence-corrected chi connectivity index (χ4v) is 2.69. The number of carbonyl (C=O) groups is 1. The predicted molar refractivity (Wildman–Crippen MR) is 94.3 cm³/mol. The van der Waals surface area contributed by atoms with Crippen molar-refractivity contribution in [3.63, 3.8) is 0 Å². The molecule has 6 heteroatoms. The maximum Gasteiger partial charge on any atom is 0.319 e. The summed E-state index contributed by atoms with van der Waals surface area (Å²) in [6, 6.07) is 11.8. The average molecular weight is 339 g/mol. The number of likely N-dealkylation sites (tertiary alicyclic amines) is 1. The van der Waals surface area contributed by atoms with Gasteiger partial charge >= 0.3 is 6.01 Å². The molecule has 0 radical (unpaired) electrons. The van der Waals surface area contributed by atoms with Gasteiger partial charge in [0.25, 0.3) is 0 Å². The average Bonchev–Trinajstić information content (AvgIpc) is 2.67. The molecule has 2 heterocycles. The Morgan fingerprint density at radius 1 is 1.20 bits per heavy atom. The van der Waals surface area contributed by atoms with E-state index in [1.54, 1.807) is 18.3 Å². The topological polar surface area (TPSA) is 64.6 Å². The van der Waals surface area contributed by atoms with E-state index in [0.717, 1.165) is 18.4 Å². The van der Waals surface area contributed by atoms with Crippen molar-refractivity contribution in [3.05, 3.63) is 54.2 Å². The van der Waals surface area contributed by atoms with Crippen LogP contribution in [0.3, 0.4) is 0 Å². The first-order valence-electron chi connectivity index (χ1n) is 8.30. The standard InChI is InChI=1S/C19H21N3O3/c1-24-19-20-12-9-17(21-19)25-16-10-13-22(14-11-16)18(23)8-7-15-5-3-2-4-6-15/h2-9,12,16H,10-11,13-14H2,1H3/b8-7+. The molecule has 0 N–H and O–H groups in total. The molecule has 0 unspecified atom stereocenters. The van der Waals surface area contributed by atoms with Gasteiger partial charge in [0.15, 0.2) is 0 Å². The van der Waals surface area contributed by atoms with Gasteiger partial charge in [0.2, 0.25) is 11.8 Å². The number of carbonyl (C=O) groups excluding carboxylic acids is 1. The minimum atomic E-state index is 0.0333. The summed E-state index contributed by atoms with van der Waals surface area (Å²) in [5, 5.41) is 0. The Morgan fingerprint density at radius 2 is 1.96 bits per heavy atom. The van der Waals surface area contributed by atoms with Gasteiger partial charge in [-0.15, -0.1) is 0 Å². The zero-order chi connectivity index (χ0) is 17.5. The number of aromatic nitrogens is 2. The maximum atomic E-state index is 12.3. The van der Waals surface area contributed by atoms with Crippen molar-refractivity contribution in [3.8, 4) is 11.9 Å². The molecule has 130 valence electrons. The van der Waals surface area contributed by atoms with Crippen molar-refractivity contribution in [1.82, 2.24) is 14.9 Å². The van der Waals surface area contributed by atoms with Crippen molar-refractivity contribution in [1.29, 1.82) is 0 Å². The third-order valence-corrected chi connectivity index (χ3v) is 4.05. The minimum Gasteiger partial charge on any atom is -0.474 e. The lowest BCUT2D eigenvalue weighted by Crippen LogP contribution is -2.41. The van der Waals surface area contributed by atoms with Gasteiger partial charge in [0.05, 0.1) is 7.11 Å². The van der Waals surface area contributed by atoms with E-state index in [9.17, 15) is 4.79 Å². The van der Waals surface area contributed by atoms with Crippen molar-refractivity contribution < 1.29 is 14.3 Å². The Kier molecular flexibility index (Phi) is 5.61. The number of nitrogens with zero attached hydrogens (tertiary/aromatic N) is 3. The molecule has 0 saturated carbocycles. The summed E-state index contributed by atoms with van der Waals surface area (Å²) in [5.74, 6) is 0.534. The third-order valence-electron chi connectivity index (χ3n) is 4.05. The normalized spacial score (nSPS) is 15.3. The molecular formula is C19H21N3O3. The number of rotatable bonds is 5. The molecule has 0 aliphatic carbocycles. The molecular weight excluding hydrogens is 318 g/mol.